The van der Waals surface area contributed by atoms with Crippen LogP contribution >= 0.6 is 0 Å². The van der Waals surface area contributed by atoms with Crippen molar-refractivity contribution in [3.63, 3.8) is 0 Å². The first kappa shape index (κ1) is 12.7. The molecule has 0 saturated carbocycles. The summed E-state index contributed by atoms with van der Waals surface area (Å²) in [5.41, 5.74) is 6.25. The lowest BCUT2D eigenvalue weighted by Crippen LogP contribution is -2.58. The number of hydrogen-bond donors (Lipinski definition) is 2. The van der Waals surface area contributed by atoms with Gasteiger partial charge in [0, 0.05) is 18.6 Å². The van der Waals surface area contributed by atoms with Crippen LogP contribution in [0.15, 0.2) is 12.2 Å². The molecule has 1 saturated heterocycles. The Morgan fingerprint density at radius 2 is 2.27 bits per heavy atom. The maximum Gasteiger partial charge on any atom is 0.152 e. The molecule has 1 heterocycles. The molecule has 0 aromatic heterocycles. The zero-order chi connectivity index (χ0) is 11.5. The van der Waals surface area contributed by atoms with Crippen molar-refractivity contribution in [2.24, 2.45) is 5.73 Å². The van der Waals surface area contributed by atoms with Crippen LogP contribution in [-0.4, -0.2) is 38.6 Å². The molecule has 0 aromatic rings. The summed E-state index contributed by atoms with van der Waals surface area (Å²) in [6.45, 7) is 6.69. The summed E-state index contributed by atoms with van der Waals surface area (Å²) in [5.74, 6) is 0.452. The van der Waals surface area contributed by atoms with Crippen LogP contribution in [0.1, 0.15) is 19.8 Å². The van der Waals surface area contributed by atoms with Crippen molar-refractivity contribution in [2.45, 2.75) is 25.3 Å². The second kappa shape index (κ2) is 4.63. The van der Waals surface area contributed by atoms with E-state index in [1.165, 1.54) is 0 Å². The van der Waals surface area contributed by atoms with Gasteiger partial charge < -0.3 is 11.1 Å². The van der Waals surface area contributed by atoms with Gasteiger partial charge in [0.15, 0.2) is 9.84 Å². The Hall–Kier alpha value is -0.390. The third kappa shape index (κ3) is 3.59. The van der Waals surface area contributed by atoms with E-state index < -0.39 is 15.4 Å². The summed E-state index contributed by atoms with van der Waals surface area (Å²) in [6.07, 6.45) is 1.53. The molecular formula is C10H20N2O2S. The minimum Gasteiger partial charge on any atom is -0.329 e. The molecule has 1 rings (SSSR count). The Balaban J connectivity index is 2.71. The van der Waals surface area contributed by atoms with Gasteiger partial charge in [-0.15, -0.1) is 0 Å². The smallest absolute Gasteiger partial charge is 0.152 e. The predicted octanol–water partition coefficient (Wildman–Crippen LogP) is 0.0582. The van der Waals surface area contributed by atoms with Gasteiger partial charge in [0.05, 0.1) is 11.5 Å². The summed E-state index contributed by atoms with van der Waals surface area (Å²) in [6, 6.07) is 0. The van der Waals surface area contributed by atoms with E-state index in [1.807, 2.05) is 6.92 Å². The topological polar surface area (TPSA) is 72.2 Å². The van der Waals surface area contributed by atoms with E-state index in [-0.39, 0.29) is 5.75 Å². The summed E-state index contributed by atoms with van der Waals surface area (Å²) >= 11 is 0. The van der Waals surface area contributed by atoms with Gasteiger partial charge in [0.1, 0.15) is 0 Å². The van der Waals surface area contributed by atoms with Crippen LogP contribution < -0.4 is 11.1 Å². The first-order chi connectivity index (χ1) is 6.89. The Kier molecular flexibility index (Phi) is 3.92. The molecule has 88 valence electrons. The Bertz CT molecular complexity index is 337. The predicted molar refractivity (Wildman–Crippen MR) is 62.5 cm³/mol. The van der Waals surface area contributed by atoms with E-state index in [4.69, 9.17) is 5.73 Å². The monoisotopic (exact) mass is 232 g/mol. The van der Waals surface area contributed by atoms with Crippen molar-refractivity contribution >= 4 is 9.84 Å². The van der Waals surface area contributed by atoms with Crippen LogP contribution in [0.25, 0.3) is 0 Å². The lowest BCUT2D eigenvalue weighted by atomic mass is 9.95. The molecule has 4 nitrogen and oxygen atoms in total. The zero-order valence-electron chi connectivity index (χ0n) is 9.25. The molecule has 5 heteroatoms. The van der Waals surface area contributed by atoms with Gasteiger partial charge in [-0.25, -0.2) is 8.42 Å². The fraction of sp³-hybridized carbons (Fsp3) is 0.800. The highest BCUT2D eigenvalue weighted by Crippen LogP contribution is 2.22. The number of sulfone groups is 1. The number of hydrogen-bond acceptors (Lipinski definition) is 4. The quantitative estimate of drug-likeness (QED) is 0.672. The Labute approximate surface area is 91.8 Å². The molecule has 1 unspecified atom stereocenters. The van der Waals surface area contributed by atoms with E-state index in [0.29, 0.717) is 25.3 Å². The first-order valence-electron chi connectivity index (χ1n) is 5.19. The molecule has 0 bridgehead atoms. The van der Waals surface area contributed by atoms with Gasteiger partial charge >= 0.3 is 0 Å². The lowest BCUT2D eigenvalue weighted by Gasteiger charge is -2.37. The minimum atomic E-state index is -2.92. The molecule has 1 fully saturated rings. The van der Waals surface area contributed by atoms with Crippen LogP contribution in [0.3, 0.4) is 0 Å². The standard InChI is InChI=1S/C10H20N2O2S/c1-9(2)6-12-10(7-11)4-3-5-15(13,14)8-10/h12H,1,3-8,11H2,2H3. The van der Waals surface area contributed by atoms with Crippen molar-refractivity contribution < 1.29 is 8.42 Å². The van der Waals surface area contributed by atoms with Crippen molar-refractivity contribution in [2.75, 3.05) is 24.6 Å². The van der Waals surface area contributed by atoms with E-state index >= 15 is 0 Å². The molecule has 0 aromatic carbocycles. The second-order valence-electron chi connectivity index (χ2n) is 4.49. The Morgan fingerprint density at radius 1 is 1.60 bits per heavy atom. The summed E-state index contributed by atoms with van der Waals surface area (Å²) in [5, 5.41) is 3.24. The van der Waals surface area contributed by atoms with Gasteiger partial charge in [-0.1, -0.05) is 12.2 Å². The third-order valence-electron chi connectivity index (χ3n) is 2.76. The third-order valence-corrected chi connectivity index (χ3v) is 4.67. The molecule has 1 aliphatic heterocycles. The van der Waals surface area contributed by atoms with Crippen LogP contribution in [0.4, 0.5) is 0 Å². The molecule has 15 heavy (non-hydrogen) atoms. The summed E-state index contributed by atoms with van der Waals surface area (Å²) < 4.78 is 23.1. The SMILES string of the molecule is C=C(C)CNC1(CN)CCCS(=O)(=O)C1. The van der Waals surface area contributed by atoms with Crippen molar-refractivity contribution in [1.29, 1.82) is 0 Å². The van der Waals surface area contributed by atoms with Crippen molar-refractivity contribution in [3.05, 3.63) is 12.2 Å². The molecule has 0 amide bonds. The maximum absolute atomic E-state index is 11.6. The highest BCUT2D eigenvalue weighted by atomic mass is 32.2. The fourth-order valence-electron chi connectivity index (χ4n) is 1.91. The first-order valence-corrected chi connectivity index (χ1v) is 7.01. The summed E-state index contributed by atoms with van der Waals surface area (Å²) in [4.78, 5) is 0. The van der Waals surface area contributed by atoms with E-state index in [2.05, 4.69) is 11.9 Å². The molecule has 0 radical (unpaired) electrons. The van der Waals surface area contributed by atoms with E-state index in [1.54, 1.807) is 0 Å². The molecule has 0 aliphatic carbocycles. The Morgan fingerprint density at radius 3 is 2.73 bits per heavy atom. The number of rotatable bonds is 4. The lowest BCUT2D eigenvalue weighted by molar-refractivity contribution is 0.338. The molecule has 1 aliphatic rings. The van der Waals surface area contributed by atoms with Crippen molar-refractivity contribution in [1.82, 2.24) is 5.32 Å². The van der Waals surface area contributed by atoms with Gasteiger partial charge in [-0.3, -0.25) is 0 Å². The van der Waals surface area contributed by atoms with Crippen LogP contribution in [0.5, 0.6) is 0 Å². The van der Waals surface area contributed by atoms with Crippen molar-refractivity contribution in [3.8, 4) is 0 Å². The van der Waals surface area contributed by atoms with Gasteiger partial charge in [-0.05, 0) is 19.8 Å². The highest BCUT2D eigenvalue weighted by Gasteiger charge is 2.37. The average Bonchev–Trinajstić information content (AvgIpc) is 2.13. The highest BCUT2D eigenvalue weighted by molar-refractivity contribution is 7.91. The number of nitrogens with one attached hydrogen (secondary N) is 1. The van der Waals surface area contributed by atoms with Crippen LogP contribution in [0, 0.1) is 0 Å². The van der Waals surface area contributed by atoms with E-state index in [0.717, 1.165) is 12.0 Å². The van der Waals surface area contributed by atoms with Gasteiger partial charge in [0.2, 0.25) is 0 Å². The second-order valence-corrected chi connectivity index (χ2v) is 6.67. The van der Waals surface area contributed by atoms with Gasteiger partial charge in [-0.2, -0.15) is 0 Å². The van der Waals surface area contributed by atoms with Crippen LogP contribution in [-0.2, 0) is 9.84 Å². The molecule has 1 atom stereocenters. The average molecular weight is 232 g/mol. The molecular weight excluding hydrogens is 212 g/mol. The maximum atomic E-state index is 11.6. The molecule has 3 N–H and O–H groups in total. The van der Waals surface area contributed by atoms with Gasteiger partial charge in [0.25, 0.3) is 0 Å². The fourth-order valence-corrected chi connectivity index (χ4v) is 3.84. The molecule has 0 spiro atoms. The minimum absolute atomic E-state index is 0.157. The zero-order valence-corrected chi connectivity index (χ0v) is 10.1. The normalized spacial score (nSPS) is 30.0. The summed E-state index contributed by atoms with van der Waals surface area (Å²) in [7, 11) is -2.92. The van der Waals surface area contributed by atoms with Crippen LogP contribution in [0.2, 0.25) is 0 Å². The number of nitrogens with two attached hydrogens (primary N) is 1. The largest absolute Gasteiger partial charge is 0.329 e. The van der Waals surface area contributed by atoms with E-state index in [9.17, 15) is 8.42 Å².